The molecular weight excluding hydrogens is 336 g/mol. The van der Waals surface area contributed by atoms with Crippen molar-refractivity contribution in [3.63, 3.8) is 0 Å². The molecule has 1 saturated carbocycles. The zero-order valence-corrected chi connectivity index (χ0v) is 15.0. The number of methoxy groups -OCH3 is 1. The second-order valence-corrected chi connectivity index (χ2v) is 7.23. The van der Waals surface area contributed by atoms with Crippen LogP contribution in [-0.2, 0) is 0 Å². The zero-order valence-electron chi connectivity index (χ0n) is 12.6. The van der Waals surface area contributed by atoms with Gasteiger partial charge in [0.05, 0.1) is 12.5 Å². The van der Waals surface area contributed by atoms with Crippen molar-refractivity contribution in [1.82, 2.24) is 0 Å². The molecule has 20 heavy (non-hydrogen) atoms. The van der Waals surface area contributed by atoms with Gasteiger partial charge in [-0.2, -0.15) is 0 Å². The molecule has 1 nitrogen and oxygen atoms in total. The lowest BCUT2D eigenvalue weighted by Crippen LogP contribution is -2.11. The van der Waals surface area contributed by atoms with E-state index in [0.29, 0.717) is 5.92 Å². The summed E-state index contributed by atoms with van der Waals surface area (Å²) in [5.41, 5.74) is 3.56. The lowest BCUT2D eigenvalue weighted by molar-refractivity contribution is 0.389. The summed E-state index contributed by atoms with van der Waals surface area (Å²) in [6.07, 6.45) is 7.80. The molecular formula is C17H24BrClO. The van der Waals surface area contributed by atoms with E-state index >= 15 is 0 Å². The standard InChI is InChI=1S/C17H24BrClO/c1-11-10-14(18)12(2)15(17(11)20-3)16(19)13-8-6-4-5-7-9-13/h10,13,16H,4-9H2,1-3H3. The fraction of sp³-hybridized carbons (Fsp3) is 0.647. The predicted octanol–water partition coefficient (Wildman–Crippen LogP) is 6.32. The van der Waals surface area contributed by atoms with Crippen LogP contribution in [0.4, 0.5) is 0 Å². The topological polar surface area (TPSA) is 9.23 Å². The highest BCUT2D eigenvalue weighted by Gasteiger charge is 2.27. The fourth-order valence-corrected chi connectivity index (χ4v) is 4.39. The van der Waals surface area contributed by atoms with Gasteiger partial charge >= 0.3 is 0 Å². The third-order valence-electron chi connectivity index (χ3n) is 4.50. The van der Waals surface area contributed by atoms with Gasteiger partial charge in [0.25, 0.3) is 0 Å². The maximum Gasteiger partial charge on any atom is 0.126 e. The minimum atomic E-state index is 0.0549. The summed E-state index contributed by atoms with van der Waals surface area (Å²) >= 11 is 10.5. The molecule has 0 bridgehead atoms. The molecule has 0 heterocycles. The molecule has 1 aliphatic carbocycles. The van der Waals surface area contributed by atoms with Crippen LogP contribution in [0.15, 0.2) is 10.5 Å². The Bertz CT molecular complexity index is 465. The summed E-state index contributed by atoms with van der Waals surface area (Å²) < 4.78 is 6.78. The van der Waals surface area contributed by atoms with E-state index in [9.17, 15) is 0 Å². The Morgan fingerprint density at radius 3 is 2.35 bits per heavy atom. The van der Waals surface area contributed by atoms with Crippen LogP contribution >= 0.6 is 27.5 Å². The Balaban J connectivity index is 2.39. The molecule has 112 valence electrons. The second-order valence-electron chi connectivity index (χ2n) is 5.90. The molecule has 0 spiro atoms. The van der Waals surface area contributed by atoms with E-state index in [1.807, 2.05) is 0 Å². The second kappa shape index (κ2) is 7.17. The van der Waals surface area contributed by atoms with Crippen molar-refractivity contribution >= 4 is 27.5 Å². The normalized spacial score (nSPS) is 18.6. The quantitative estimate of drug-likeness (QED) is 0.453. The molecule has 0 aliphatic heterocycles. The van der Waals surface area contributed by atoms with Crippen molar-refractivity contribution in [2.45, 2.75) is 57.7 Å². The van der Waals surface area contributed by atoms with Crippen LogP contribution in [0.25, 0.3) is 0 Å². The third kappa shape index (κ3) is 3.33. The molecule has 1 fully saturated rings. The van der Waals surface area contributed by atoms with Crippen molar-refractivity contribution in [3.05, 3.63) is 27.2 Å². The first-order chi connectivity index (χ1) is 9.56. The number of halogens is 2. The number of ether oxygens (including phenoxy) is 1. The maximum absolute atomic E-state index is 6.89. The number of hydrogen-bond donors (Lipinski definition) is 0. The van der Waals surface area contributed by atoms with Crippen molar-refractivity contribution in [2.75, 3.05) is 7.11 Å². The Labute approximate surface area is 136 Å². The summed E-state index contributed by atoms with van der Waals surface area (Å²) in [7, 11) is 1.75. The minimum absolute atomic E-state index is 0.0549. The van der Waals surface area contributed by atoms with E-state index in [1.165, 1.54) is 49.7 Å². The van der Waals surface area contributed by atoms with E-state index in [4.69, 9.17) is 16.3 Å². The largest absolute Gasteiger partial charge is 0.496 e. The summed E-state index contributed by atoms with van der Waals surface area (Å²) in [6, 6.07) is 2.12. The Morgan fingerprint density at radius 1 is 1.20 bits per heavy atom. The molecule has 0 aromatic heterocycles. The highest BCUT2D eigenvalue weighted by Crippen LogP contribution is 2.45. The minimum Gasteiger partial charge on any atom is -0.496 e. The smallest absolute Gasteiger partial charge is 0.126 e. The van der Waals surface area contributed by atoms with Crippen LogP contribution in [0.2, 0.25) is 0 Å². The number of alkyl halides is 1. The third-order valence-corrected chi connectivity index (χ3v) is 5.90. The van der Waals surface area contributed by atoms with Gasteiger partial charge in [0.15, 0.2) is 0 Å². The van der Waals surface area contributed by atoms with E-state index in [2.05, 4.69) is 35.8 Å². The van der Waals surface area contributed by atoms with Gasteiger partial charge in [-0.25, -0.2) is 0 Å². The molecule has 0 N–H and O–H groups in total. The highest BCUT2D eigenvalue weighted by atomic mass is 79.9. The summed E-state index contributed by atoms with van der Waals surface area (Å²) in [5, 5.41) is 0.0549. The molecule has 3 heteroatoms. The van der Waals surface area contributed by atoms with Crippen LogP contribution in [0.1, 0.15) is 60.6 Å². The fourth-order valence-electron chi connectivity index (χ4n) is 3.32. The van der Waals surface area contributed by atoms with Gasteiger partial charge in [0.1, 0.15) is 5.75 Å². The van der Waals surface area contributed by atoms with Gasteiger partial charge in [-0.3, -0.25) is 0 Å². The van der Waals surface area contributed by atoms with Crippen LogP contribution in [0.5, 0.6) is 5.75 Å². The first-order valence-corrected chi connectivity index (χ1v) is 8.76. The number of aryl methyl sites for hydroxylation is 1. The van der Waals surface area contributed by atoms with E-state index in [-0.39, 0.29) is 5.38 Å². The summed E-state index contributed by atoms with van der Waals surface area (Å²) in [4.78, 5) is 0. The van der Waals surface area contributed by atoms with Gasteiger partial charge in [-0.05, 0) is 49.8 Å². The van der Waals surface area contributed by atoms with Gasteiger partial charge in [-0.1, -0.05) is 41.6 Å². The zero-order chi connectivity index (χ0) is 14.7. The van der Waals surface area contributed by atoms with Gasteiger partial charge in [0, 0.05) is 10.0 Å². The summed E-state index contributed by atoms with van der Waals surface area (Å²) in [5.74, 6) is 1.54. The van der Waals surface area contributed by atoms with E-state index < -0.39 is 0 Å². The molecule has 0 amide bonds. The van der Waals surface area contributed by atoms with E-state index in [1.54, 1.807) is 7.11 Å². The van der Waals surface area contributed by atoms with Gasteiger partial charge in [-0.15, -0.1) is 11.6 Å². The van der Waals surface area contributed by atoms with Crippen molar-refractivity contribution in [2.24, 2.45) is 5.92 Å². The van der Waals surface area contributed by atoms with Crippen molar-refractivity contribution in [1.29, 1.82) is 0 Å². The molecule has 0 radical (unpaired) electrons. The first kappa shape index (κ1) is 16.2. The molecule has 0 saturated heterocycles. The molecule has 1 aromatic carbocycles. The van der Waals surface area contributed by atoms with Crippen LogP contribution in [0, 0.1) is 19.8 Å². The molecule has 1 unspecified atom stereocenters. The van der Waals surface area contributed by atoms with Crippen LogP contribution in [-0.4, -0.2) is 7.11 Å². The Hall–Kier alpha value is -0.210. The average molecular weight is 360 g/mol. The van der Waals surface area contributed by atoms with E-state index in [0.717, 1.165) is 15.8 Å². The highest BCUT2D eigenvalue weighted by molar-refractivity contribution is 9.10. The first-order valence-electron chi connectivity index (χ1n) is 7.54. The monoisotopic (exact) mass is 358 g/mol. The predicted molar refractivity (Wildman–Crippen MR) is 90.0 cm³/mol. The molecule has 1 aliphatic rings. The van der Waals surface area contributed by atoms with Crippen molar-refractivity contribution < 1.29 is 4.74 Å². The van der Waals surface area contributed by atoms with Gasteiger partial charge in [0.2, 0.25) is 0 Å². The Morgan fingerprint density at radius 2 is 1.80 bits per heavy atom. The number of hydrogen-bond acceptors (Lipinski definition) is 1. The molecule has 1 atom stereocenters. The average Bonchev–Trinajstić information content (AvgIpc) is 2.70. The van der Waals surface area contributed by atoms with Crippen LogP contribution in [0.3, 0.4) is 0 Å². The van der Waals surface area contributed by atoms with Crippen molar-refractivity contribution in [3.8, 4) is 5.75 Å². The van der Waals surface area contributed by atoms with Gasteiger partial charge < -0.3 is 4.74 Å². The van der Waals surface area contributed by atoms with Crippen LogP contribution < -0.4 is 4.74 Å². The lowest BCUT2D eigenvalue weighted by Gasteiger charge is -2.26. The molecule has 1 aromatic rings. The number of rotatable bonds is 3. The molecule has 2 rings (SSSR count). The SMILES string of the molecule is COc1c(C)cc(Br)c(C)c1C(Cl)C1CCCCCC1. The maximum atomic E-state index is 6.89. The Kier molecular flexibility index (Phi) is 5.80. The summed E-state index contributed by atoms with van der Waals surface area (Å²) in [6.45, 7) is 4.22. The number of benzene rings is 1. The lowest BCUT2D eigenvalue weighted by atomic mass is 9.88.